The molecule has 0 saturated carbocycles. The Hall–Kier alpha value is -1.67. The largest absolute Gasteiger partial charge is 0.506 e. The van der Waals surface area contributed by atoms with Gasteiger partial charge in [-0.3, -0.25) is 4.55 Å². The molecule has 3 rings (SSSR count). The number of halogens is 4. The number of benzene rings is 3. The zero-order chi connectivity index (χ0) is 21.6. The highest BCUT2D eigenvalue weighted by Gasteiger charge is 2.51. The maximum Gasteiger partial charge on any atom is 0.283 e. The Morgan fingerprint density at radius 3 is 1.97 bits per heavy atom. The highest BCUT2D eigenvalue weighted by atomic mass is 35.5. The van der Waals surface area contributed by atoms with Gasteiger partial charge in [0, 0.05) is 11.1 Å². The van der Waals surface area contributed by atoms with E-state index in [9.17, 15) is 23.2 Å². The fraction of sp³-hybridized carbons (Fsp3) is 0.0526. The molecule has 1 unspecified atom stereocenters. The monoisotopic (exact) mass is 492 g/mol. The highest BCUT2D eigenvalue weighted by Crippen LogP contribution is 2.53. The first-order valence-electron chi connectivity index (χ1n) is 7.91. The Morgan fingerprint density at radius 1 is 0.759 bits per heavy atom. The number of rotatable bonds is 4. The fourth-order valence-corrected chi connectivity index (χ4v) is 5.63. The maximum absolute atomic E-state index is 13.0. The number of aromatic hydroxyl groups is 2. The van der Waals surface area contributed by atoms with Crippen LogP contribution in [0.25, 0.3) is 0 Å². The van der Waals surface area contributed by atoms with E-state index in [-0.39, 0.29) is 31.8 Å². The third kappa shape index (κ3) is 3.44. The van der Waals surface area contributed by atoms with Gasteiger partial charge in [0.15, 0.2) is 10.5 Å². The Bertz CT molecular complexity index is 1200. The molecule has 0 heterocycles. The molecule has 29 heavy (non-hydrogen) atoms. The summed E-state index contributed by atoms with van der Waals surface area (Å²) in [6, 6.07) is 12.6. The summed E-state index contributed by atoms with van der Waals surface area (Å²) in [6.45, 7) is 0. The number of hydrogen-bond donors (Lipinski definition) is 3. The van der Waals surface area contributed by atoms with Crippen LogP contribution in [-0.2, 0) is 14.9 Å². The van der Waals surface area contributed by atoms with Crippen molar-refractivity contribution in [3.63, 3.8) is 0 Å². The summed E-state index contributed by atoms with van der Waals surface area (Å²) in [7, 11) is -5.07. The minimum atomic E-state index is -5.07. The van der Waals surface area contributed by atoms with Gasteiger partial charge >= 0.3 is 0 Å². The van der Waals surface area contributed by atoms with Crippen molar-refractivity contribution >= 4 is 56.5 Å². The molecular weight excluding hydrogens is 482 g/mol. The minimum absolute atomic E-state index is 0.0507. The Balaban J connectivity index is 2.65. The molecule has 3 N–H and O–H groups in total. The van der Waals surface area contributed by atoms with Crippen LogP contribution in [0.3, 0.4) is 0 Å². The average Bonchev–Trinajstić information content (AvgIpc) is 2.67. The molecule has 0 aromatic heterocycles. The normalized spacial score (nSPS) is 13.8. The smallest absolute Gasteiger partial charge is 0.283 e. The van der Waals surface area contributed by atoms with Gasteiger partial charge in [0.05, 0.1) is 15.1 Å². The van der Waals surface area contributed by atoms with Crippen molar-refractivity contribution in [2.75, 3.05) is 0 Å². The molecule has 0 bridgehead atoms. The van der Waals surface area contributed by atoms with Gasteiger partial charge in [-0.2, -0.15) is 8.42 Å². The standard InChI is InChI=1S/C19H12Cl4O5S/c20-13-9-12(16(22)17(23)18(13)25)19(29(26,27)28,10-5-2-1-3-6-10)11-7-4-8-14(24)15(11)21/h1-9,24-25H,(H,26,27,28). The number of phenolic OH excluding ortho intramolecular Hbond substituents is 2. The lowest BCUT2D eigenvalue weighted by atomic mass is 9.83. The predicted octanol–water partition coefficient (Wildman–Crippen LogP) is 5.89. The maximum atomic E-state index is 13.0. The van der Waals surface area contributed by atoms with Crippen LogP contribution in [0, 0.1) is 0 Å². The summed E-state index contributed by atoms with van der Waals surface area (Å²) in [4.78, 5) is 0. The summed E-state index contributed by atoms with van der Waals surface area (Å²) < 4.78 is 34.1. The van der Waals surface area contributed by atoms with Gasteiger partial charge in [-0.05, 0) is 17.7 Å². The predicted molar refractivity (Wildman–Crippen MR) is 114 cm³/mol. The van der Waals surface area contributed by atoms with Crippen molar-refractivity contribution in [1.29, 1.82) is 0 Å². The van der Waals surface area contributed by atoms with Crippen LogP contribution >= 0.6 is 46.4 Å². The van der Waals surface area contributed by atoms with Crippen LogP contribution in [0.15, 0.2) is 54.6 Å². The Kier molecular flexibility index (Phi) is 5.98. The van der Waals surface area contributed by atoms with Crippen molar-refractivity contribution < 1.29 is 23.2 Å². The molecule has 1 atom stereocenters. The molecule has 0 spiro atoms. The van der Waals surface area contributed by atoms with Gasteiger partial charge in [0.2, 0.25) is 0 Å². The van der Waals surface area contributed by atoms with Crippen LogP contribution in [0.4, 0.5) is 0 Å². The van der Waals surface area contributed by atoms with Crippen LogP contribution in [0.5, 0.6) is 11.5 Å². The van der Waals surface area contributed by atoms with Crippen molar-refractivity contribution in [2.45, 2.75) is 4.75 Å². The van der Waals surface area contributed by atoms with Crippen molar-refractivity contribution in [1.82, 2.24) is 0 Å². The van der Waals surface area contributed by atoms with Gasteiger partial charge in [0.25, 0.3) is 10.1 Å². The van der Waals surface area contributed by atoms with Crippen molar-refractivity contribution in [3.05, 3.63) is 91.4 Å². The zero-order valence-corrected chi connectivity index (χ0v) is 18.1. The van der Waals surface area contributed by atoms with Crippen molar-refractivity contribution in [2.24, 2.45) is 0 Å². The first kappa shape index (κ1) is 22.0. The summed E-state index contributed by atoms with van der Waals surface area (Å²) >= 11 is 24.7. The van der Waals surface area contributed by atoms with E-state index >= 15 is 0 Å². The van der Waals surface area contributed by atoms with E-state index in [2.05, 4.69) is 0 Å². The van der Waals surface area contributed by atoms with E-state index in [1.165, 1.54) is 30.3 Å². The molecule has 3 aromatic carbocycles. The SMILES string of the molecule is O=S(=O)(O)C(c1ccccc1)(c1cccc(O)c1Cl)c1cc(Cl)c(O)c(Cl)c1Cl. The zero-order valence-electron chi connectivity index (χ0n) is 14.3. The molecule has 0 amide bonds. The summed E-state index contributed by atoms with van der Waals surface area (Å²) in [5, 5.41) is 18.7. The quantitative estimate of drug-likeness (QED) is 0.239. The molecule has 0 aliphatic heterocycles. The Labute approximate surface area is 186 Å². The highest BCUT2D eigenvalue weighted by molar-refractivity contribution is 7.87. The minimum Gasteiger partial charge on any atom is -0.506 e. The van der Waals surface area contributed by atoms with E-state index in [0.717, 1.165) is 6.07 Å². The Morgan fingerprint density at radius 2 is 1.38 bits per heavy atom. The summed E-state index contributed by atoms with van der Waals surface area (Å²) in [5.41, 5.74) is -0.393. The van der Waals surface area contributed by atoms with E-state index in [1.54, 1.807) is 18.2 Å². The summed E-state index contributed by atoms with van der Waals surface area (Å²) in [5.74, 6) is -0.971. The van der Waals surface area contributed by atoms with Crippen LogP contribution in [0.1, 0.15) is 16.7 Å². The van der Waals surface area contributed by atoms with Gasteiger partial charge in [-0.15, -0.1) is 0 Å². The second kappa shape index (κ2) is 7.87. The van der Waals surface area contributed by atoms with E-state index in [4.69, 9.17) is 46.4 Å². The van der Waals surface area contributed by atoms with E-state index in [0.29, 0.717) is 0 Å². The molecule has 0 radical (unpaired) electrons. The summed E-state index contributed by atoms with van der Waals surface area (Å²) in [6.07, 6.45) is 0. The first-order chi connectivity index (χ1) is 13.5. The van der Waals surface area contributed by atoms with Gasteiger partial charge < -0.3 is 10.2 Å². The average molecular weight is 494 g/mol. The molecular formula is C19H12Cl4O5S. The number of hydrogen-bond acceptors (Lipinski definition) is 4. The lowest BCUT2D eigenvalue weighted by Crippen LogP contribution is -2.39. The van der Waals surface area contributed by atoms with Gasteiger partial charge in [0.1, 0.15) is 10.8 Å². The molecule has 0 aliphatic rings. The van der Waals surface area contributed by atoms with Crippen LogP contribution in [-0.4, -0.2) is 23.2 Å². The molecule has 0 aliphatic carbocycles. The fourth-order valence-electron chi connectivity index (χ4n) is 3.19. The van der Waals surface area contributed by atoms with Gasteiger partial charge in [-0.25, -0.2) is 0 Å². The third-order valence-electron chi connectivity index (χ3n) is 4.44. The first-order valence-corrected chi connectivity index (χ1v) is 10.9. The van der Waals surface area contributed by atoms with E-state index in [1.807, 2.05) is 0 Å². The van der Waals surface area contributed by atoms with Crippen LogP contribution < -0.4 is 0 Å². The molecule has 152 valence electrons. The molecule has 5 nitrogen and oxygen atoms in total. The molecule has 10 heteroatoms. The second-order valence-electron chi connectivity index (χ2n) is 6.04. The van der Waals surface area contributed by atoms with Gasteiger partial charge in [-0.1, -0.05) is 88.9 Å². The molecule has 0 saturated heterocycles. The second-order valence-corrected chi connectivity index (χ2v) is 9.15. The lowest BCUT2D eigenvalue weighted by Gasteiger charge is -2.34. The third-order valence-corrected chi connectivity index (χ3v) is 7.43. The number of phenols is 2. The van der Waals surface area contributed by atoms with Crippen molar-refractivity contribution in [3.8, 4) is 11.5 Å². The van der Waals surface area contributed by atoms with Crippen LogP contribution in [0.2, 0.25) is 20.1 Å². The molecule has 3 aromatic rings. The topological polar surface area (TPSA) is 94.8 Å². The van der Waals surface area contributed by atoms with E-state index < -0.39 is 31.4 Å². The molecule has 0 fully saturated rings. The lowest BCUT2D eigenvalue weighted by molar-refractivity contribution is 0.455.